The van der Waals surface area contributed by atoms with Crippen LogP contribution in [0.5, 0.6) is 5.75 Å². The number of rotatable bonds is 3. The lowest BCUT2D eigenvalue weighted by Gasteiger charge is -2.40. The van der Waals surface area contributed by atoms with Crippen LogP contribution in [-0.4, -0.2) is 41.8 Å². The summed E-state index contributed by atoms with van der Waals surface area (Å²) in [4.78, 5) is 29.7. The van der Waals surface area contributed by atoms with E-state index in [1.807, 2.05) is 0 Å². The van der Waals surface area contributed by atoms with Crippen LogP contribution in [0.3, 0.4) is 0 Å². The van der Waals surface area contributed by atoms with Crippen LogP contribution in [0.4, 0.5) is 13.2 Å². The molecule has 1 atom stereocenters. The third-order valence-corrected chi connectivity index (χ3v) is 6.07. The highest BCUT2D eigenvalue weighted by molar-refractivity contribution is 6.03. The standard InChI is InChI=1S/C24H17F3N2O3/c1-32-21-9-7-15(13-20(21)27)24-17-5-3-2-4-16(17)23(31)29(24)11-10-28(24)22(30)14-6-8-18(25)19(26)12-14/h2-9,12-13H,10-11H2,1H3. The molecule has 5 rings (SSSR count). The van der Waals surface area contributed by atoms with E-state index in [9.17, 15) is 22.8 Å². The minimum absolute atomic E-state index is 0.0192. The first-order valence-electron chi connectivity index (χ1n) is 9.92. The Morgan fingerprint density at radius 1 is 0.938 bits per heavy atom. The maximum atomic E-state index is 14.8. The Morgan fingerprint density at radius 3 is 2.44 bits per heavy atom. The van der Waals surface area contributed by atoms with Gasteiger partial charge in [0.1, 0.15) is 0 Å². The molecule has 2 amide bonds. The van der Waals surface area contributed by atoms with Crippen molar-refractivity contribution < 1.29 is 27.5 Å². The maximum absolute atomic E-state index is 14.8. The van der Waals surface area contributed by atoms with E-state index in [1.165, 1.54) is 35.1 Å². The first-order chi connectivity index (χ1) is 15.4. The predicted molar refractivity (Wildman–Crippen MR) is 109 cm³/mol. The van der Waals surface area contributed by atoms with Gasteiger partial charge in [-0.15, -0.1) is 0 Å². The number of benzene rings is 3. The molecule has 0 spiro atoms. The lowest BCUT2D eigenvalue weighted by Crippen LogP contribution is -2.51. The summed E-state index contributed by atoms with van der Waals surface area (Å²) < 4.78 is 47.1. The SMILES string of the molecule is COc1ccc(C23c4ccccc4C(=O)N2CCN3C(=O)c2ccc(F)c(F)c2)cc1F. The molecule has 2 heterocycles. The van der Waals surface area contributed by atoms with Crippen molar-refractivity contribution in [1.82, 2.24) is 9.80 Å². The molecular weight excluding hydrogens is 421 g/mol. The van der Waals surface area contributed by atoms with Crippen molar-refractivity contribution in [3.63, 3.8) is 0 Å². The Morgan fingerprint density at radius 2 is 1.72 bits per heavy atom. The van der Waals surface area contributed by atoms with Crippen LogP contribution in [0.15, 0.2) is 60.7 Å². The van der Waals surface area contributed by atoms with Crippen LogP contribution in [-0.2, 0) is 5.66 Å². The minimum Gasteiger partial charge on any atom is -0.494 e. The van der Waals surface area contributed by atoms with E-state index in [2.05, 4.69) is 0 Å². The second-order valence-corrected chi connectivity index (χ2v) is 7.61. The normalized spacial score (nSPS) is 19.2. The van der Waals surface area contributed by atoms with Gasteiger partial charge in [-0.25, -0.2) is 13.2 Å². The molecule has 0 aromatic heterocycles. The van der Waals surface area contributed by atoms with Crippen molar-refractivity contribution in [2.24, 2.45) is 0 Å². The van der Waals surface area contributed by atoms with Gasteiger partial charge in [-0.3, -0.25) is 9.59 Å². The number of hydrogen-bond acceptors (Lipinski definition) is 3. The van der Waals surface area contributed by atoms with E-state index in [4.69, 9.17) is 4.74 Å². The molecule has 3 aromatic carbocycles. The Labute approximate surface area is 181 Å². The third-order valence-electron chi connectivity index (χ3n) is 6.07. The molecular formula is C24H17F3N2O3. The summed E-state index contributed by atoms with van der Waals surface area (Å²) >= 11 is 0. The summed E-state index contributed by atoms with van der Waals surface area (Å²) in [5.74, 6) is -3.75. The van der Waals surface area contributed by atoms with Crippen LogP contribution in [0.1, 0.15) is 31.8 Å². The topological polar surface area (TPSA) is 49.9 Å². The molecule has 5 nitrogen and oxygen atoms in total. The summed E-state index contributed by atoms with van der Waals surface area (Å²) in [7, 11) is 1.34. The second kappa shape index (κ2) is 7.12. The highest BCUT2D eigenvalue weighted by Gasteiger charge is 2.59. The summed E-state index contributed by atoms with van der Waals surface area (Å²) in [5, 5.41) is 0. The zero-order valence-corrected chi connectivity index (χ0v) is 16.9. The maximum Gasteiger partial charge on any atom is 0.256 e. The molecule has 0 bridgehead atoms. The van der Waals surface area contributed by atoms with Gasteiger partial charge in [0.15, 0.2) is 28.9 Å². The predicted octanol–water partition coefficient (Wildman–Crippen LogP) is 3.93. The molecule has 2 aliphatic rings. The summed E-state index contributed by atoms with van der Waals surface area (Å²) in [6.45, 7) is 0.322. The van der Waals surface area contributed by atoms with E-state index in [0.717, 1.165) is 12.1 Å². The van der Waals surface area contributed by atoms with E-state index in [0.29, 0.717) is 16.7 Å². The van der Waals surface area contributed by atoms with E-state index in [-0.39, 0.29) is 30.3 Å². The summed E-state index contributed by atoms with van der Waals surface area (Å²) in [6.07, 6.45) is 0. The second-order valence-electron chi connectivity index (χ2n) is 7.61. The number of carbonyl (C=O) groups is 2. The van der Waals surface area contributed by atoms with Crippen molar-refractivity contribution in [2.75, 3.05) is 20.2 Å². The fourth-order valence-electron chi connectivity index (χ4n) is 4.71. The van der Waals surface area contributed by atoms with Gasteiger partial charge in [-0.1, -0.05) is 24.3 Å². The average Bonchev–Trinajstić information content (AvgIpc) is 3.31. The van der Waals surface area contributed by atoms with Gasteiger partial charge in [0, 0.05) is 35.3 Å². The molecule has 0 saturated carbocycles. The summed E-state index contributed by atoms with van der Waals surface area (Å²) in [5.41, 5.74) is -0.240. The van der Waals surface area contributed by atoms with Crippen molar-refractivity contribution in [3.05, 3.63) is 100 Å². The van der Waals surface area contributed by atoms with Crippen LogP contribution in [0.2, 0.25) is 0 Å². The largest absolute Gasteiger partial charge is 0.494 e. The lowest BCUT2D eigenvalue weighted by atomic mass is 9.89. The number of nitrogens with zero attached hydrogens (tertiary/aromatic N) is 2. The van der Waals surface area contributed by atoms with Gasteiger partial charge in [0.05, 0.1) is 7.11 Å². The first kappa shape index (κ1) is 20.1. The number of fused-ring (bicyclic) bond motifs is 3. The Kier molecular flexibility index (Phi) is 4.47. The van der Waals surface area contributed by atoms with E-state index >= 15 is 0 Å². The monoisotopic (exact) mass is 438 g/mol. The van der Waals surface area contributed by atoms with Crippen LogP contribution in [0, 0.1) is 17.5 Å². The number of amides is 2. The number of carbonyl (C=O) groups excluding carboxylic acids is 2. The fourth-order valence-corrected chi connectivity index (χ4v) is 4.71. The molecule has 162 valence electrons. The Bertz CT molecular complexity index is 1280. The molecule has 2 aliphatic heterocycles. The lowest BCUT2D eigenvalue weighted by molar-refractivity contribution is 0.0373. The van der Waals surface area contributed by atoms with Crippen molar-refractivity contribution >= 4 is 11.8 Å². The van der Waals surface area contributed by atoms with Gasteiger partial charge in [-0.2, -0.15) is 0 Å². The van der Waals surface area contributed by atoms with Crippen LogP contribution in [0.25, 0.3) is 0 Å². The highest BCUT2D eigenvalue weighted by atomic mass is 19.2. The van der Waals surface area contributed by atoms with E-state index < -0.39 is 29.0 Å². The van der Waals surface area contributed by atoms with Crippen molar-refractivity contribution in [2.45, 2.75) is 5.66 Å². The smallest absolute Gasteiger partial charge is 0.256 e. The van der Waals surface area contributed by atoms with Crippen LogP contribution >= 0.6 is 0 Å². The van der Waals surface area contributed by atoms with Crippen molar-refractivity contribution in [1.29, 1.82) is 0 Å². The van der Waals surface area contributed by atoms with E-state index in [1.54, 1.807) is 30.3 Å². The first-order valence-corrected chi connectivity index (χ1v) is 9.92. The summed E-state index contributed by atoms with van der Waals surface area (Å²) in [6, 6.07) is 14.0. The average molecular weight is 438 g/mol. The van der Waals surface area contributed by atoms with Crippen molar-refractivity contribution in [3.8, 4) is 5.75 Å². The zero-order valence-electron chi connectivity index (χ0n) is 16.9. The van der Waals surface area contributed by atoms with Gasteiger partial charge < -0.3 is 14.5 Å². The molecule has 1 saturated heterocycles. The van der Waals surface area contributed by atoms with Crippen LogP contribution < -0.4 is 4.74 Å². The number of methoxy groups -OCH3 is 1. The third kappa shape index (κ3) is 2.58. The Balaban J connectivity index is 1.75. The molecule has 0 radical (unpaired) electrons. The highest BCUT2D eigenvalue weighted by Crippen LogP contribution is 2.50. The van der Waals surface area contributed by atoms with Gasteiger partial charge in [0.25, 0.3) is 11.8 Å². The molecule has 1 unspecified atom stereocenters. The Hall–Kier alpha value is -3.81. The molecule has 8 heteroatoms. The zero-order chi connectivity index (χ0) is 22.6. The van der Waals surface area contributed by atoms with Gasteiger partial charge in [-0.05, 0) is 36.4 Å². The van der Waals surface area contributed by atoms with Gasteiger partial charge in [0.2, 0.25) is 0 Å². The molecule has 32 heavy (non-hydrogen) atoms. The molecule has 0 aliphatic carbocycles. The fraction of sp³-hybridized carbons (Fsp3) is 0.167. The molecule has 1 fully saturated rings. The quantitative estimate of drug-likeness (QED) is 0.623. The minimum atomic E-state index is -1.43. The van der Waals surface area contributed by atoms with Gasteiger partial charge >= 0.3 is 0 Å². The number of ether oxygens (including phenoxy) is 1. The molecule has 3 aromatic rings. The number of hydrogen-bond donors (Lipinski definition) is 0. The molecule has 0 N–H and O–H groups in total. The number of halogens is 3.